The second-order valence-electron chi connectivity index (χ2n) is 6.35. The zero-order valence-electron chi connectivity index (χ0n) is 13.8. The van der Waals surface area contributed by atoms with Crippen molar-refractivity contribution >= 4 is 22.9 Å². The van der Waals surface area contributed by atoms with Gasteiger partial charge in [0.1, 0.15) is 17.2 Å². The van der Waals surface area contributed by atoms with E-state index < -0.39 is 5.60 Å². The number of anilines is 1. The molecule has 7 nitrogen and oxygen atoms in total. The first kappa shape index (κ1) is 16.6. The van der Waals surface area contributed by atoms with Crippen molar-refractivity contribution in [1.29, 1.82) is 0 Å². The first-order chi connectivity index (χ1) is 12.2. The van der Waals surface area contributed by atoms with Crippen molar-refractivity contribution < 1.29 is 14.3 Å². The van der Waals surface area contributed by atoms with Gasteiger partial charge < -0.3 is 14.4 Å². The fraction of sp³-hybridized carbons (Fsp3) is 0.471. The van der Waals surface area contributed by atoms with Gasteiger partial charge in [0.25, 0.3) is 5.91 Å². The molecule has 1 spiro atoms. The highest BCUT2D eigenvalue weighted by Crippen LogP contribution is 2.27. The zero-order chi connectivity index (χ0) is 17.1. The van der Waals surface area contributed by atoms with Crippen molar-refractivity contribution in [2.45, 2.75) is 12.1 Å². The minimum absolute atomic E-state index is 0.0469. The number of aromatic nitrogens is 2. The second kappa shape index (κ2) is 7.17. The summed E-state index contributed by atoms with van der Waals surface area (Å²) >= 11 is 1.65. The number of nitrogens with zero attached hydrogens (tertiary/aromatic N) is 4. The molecule has 1 amide bonds. The molecule has 1 atom stereocenters. The lowest BCUT2D eigenvalue weighted by molar-refractivity contribution is -0.146. The van der Waals surface area contributed by atoms with E-state index in [-0.39, 0.29) is 12.5 Å². The van der Waals surface area contributed by atoms with Crippen molar-refractivity contribution in [2.75, 3.05) is 44.4 Å². The Hall–Kier alpha value is -1.87. The third-order valence-corrected chi connectivity index (χ3v) is 5.24. The molecule has 132 valence electrons. The van der Waals surface area contributed by atoms with Gasteiger partial charge in [0.05, 0.1) is 38.2 Å². The summed E-state index contributed by atoms with van der Waals surface area (Å²) in [5.74, 6) is -0.0469. The Balaban J connectivity index is 1.53. The summed E-state index contributed by atoms with van der Waals surface area (Å²) in [7, 11) is 0. The van der Waals surface area contributed by atoms with Gasteiger partial charge in [-0.2, -0.15) is 0 Å². The Morgan fingerprint density at radius 3 is 3.08 bits per heavy atom. The van der Waals surface area contributed by atoms with Crippen molar-refractivity contribution in [1.82, 2.24) is 14.9 Å². The molecule has 2 saturated heterocycles. The number of rotatable bonds is 3. The quantitative estimate of drug-likeness (QED) is 0.819. The largest absolute Gasteiger partial charge is 0.377 e. The van der Waals surface area contributed by atoms with E-state index in [0.29, 0.717) is 26.3 Å². The van der Waals surface area contributed by atoms with Crippen LogP contribution >= 0.6 is 11.3 Å². The molecular formula is C17H20N4O3S. The number of pyridine rings is 1. The SMILES string of the molecule is O=C1CO[C@]2(COCCN(Cc3nccs3)C2)CN1c1cccnc1. The Bertz CT molecular complexity index is 712. The molecule has 8 heteroatoms. The number of hydrogen-bond acceptors (Lipinski definition) is 7. The topological polar surface area (TPSA) is 67.8 Å². The molecule has 4 heterocycles. The maximum atomic E-state index is 12.4. The van der Waals surface area contributed by atoms with Gasteiger partial charge in [-0.05, 0) is 12.1 Å². The Morgan fingerprint density at radius 1 is 1.32 bits per heavy atom. The number of morpholine rings is 1. The average Bonchev–Trinajstić information content (AvgIpc) is 3.07. The molecule has 2 fully saturated rings. The lowest BCUT2D eigenvalue weighted by Gasteiger charge is -2.42. The van der Waals surface area contributed by atoms with E-state index in [1.807, 2.05) is 23.7 Å². The van der Waals surface area contributed by atoms with E-state index in [9.17, 15) is 4.79 Å². The number of ether oxygens (including phenoxy) is 2. The molecule has 0 aliphatic carbocycles. The average molecular weight is 360 g/mol. The van der Waals surface area contributed by atoms with Crippen LogP contribution in [0.1, 0.15) is 5.01 Å². The van der Waals surface area contributed by atoms with Crippen LogP contribution in [0, 0.1) is 0 Å². The van der Waals surface area contributed by atoms with Crippen molar-refractivity contribution in [3.8, 4) is 0 Å². The van der Waals surface area contributed by atoms with Crippen molar-refractivity contribution in [3.63, 3.8) is 0 Å². The summed E-state index contributed by atoms with van der Waals surface area (Å²) in [6, 6.07) is 3.73. The minimum Gasteiger partial charge on any atom is -0.377 e. The van der Waals surface area contributed by atoms with Crippen LogP contribution in [0.4, 0.5) is 5.69 Å². The molecule has 2 aliphatic heterocycles. The Morgan fingerprint density at radius 2 is 2.28 bits per heavy atom. The summed E-state index contributed by atoms with van der Waals surface area (Å²) in [6.45, 7) is 3.95. The van der Waals surface area contributed by atoms with Gasteiger partial charge >= 0.3 is 0 Å². The first-order valence-corrected chi connectivity index (χ1v) is 9.15. The van der Waals surface area contributed by atoms with Gasteiger partial charge in [-0.25, -0.2) is 4.98 Å². The van der Waals surface area contributed by atoms with E-state index in [4.69, 9.17) is 9.47 Å². The van der Waals surface area contributed by atoms with Crippen LogP contribution in [0.5, 0.6) is 0 Å². The van der Waals surface area contributed by atoms with Crippen LogP contribution in [-0.4, -0.2) is 65.8 Å². The first-order valence-electron chi connectivity index (χ1n) is 8.27. The van der Waals surface area contributed by atoms with E-state index in [0.717, 1.165) is 23.8 Å². The Kier molecular flexibility index (Phi) is 4.76. The van der Waals surface area contributed by atoms with Gasteiger partial charge in [-0.15, -0.1) is 11.3 Å². The highest BCUT2D eigenvalue weighted by Gasteiger charge is 2.43. The summed E-state index contributed by atoms with van der Waals surface area (Å²) in [4.78, 5) is 24.9. The summed E-state index contributed by atoms with van der Waals surface area (Å²) in [6.07, 6.45) is 5.24. The van der Waals surface area contributed by atoms with Gasteiger partial charge in [0.2, 0.25) is 0 Å². The van der Waals surface area contributed by atoms with Gasteiger partial charge in [0, 0.05) is 30.9 Å². The number of carbonyl (C=O) groups excluding carboxylic acids is 1. The number of thiazole rings is 1. The standard InChI is InChI=1S/C17H20N4O3S/c22-16-10-24-17(12-21(16)14-2-1-3-18-8-14)11-20(5-6-23-13-17)9-15-19-4-7-25-15/h1-4,7-8H,5-6,9-13H2/t17-/m0/s1. The normalized spacial score (nSPS) is 25.3. The smallest absolute Gasteiger partial charge is 0.253 e. The fourth-order valence-corrected chi connectivity index (χ4v) is 3.95. The molecule has 0 saturated carbocycles. The zero-order valence-corrected chi connectivity index (χ0v) is 14.7. The second-order valence-corrected chi connectivity index (χ2v) is 7.33. The number of amides is 1. The monoisotopic (exact) mass is 360 g/mol. The van der Waals surface area contributed by atoms with Gasteiger partial charge in [-0.1, -0.05) is 0 Å². The molecule has 4 rings (SSSR count). The van der Waals surface area contributed by atoms with E-state index in [1.54, 1.807) is 28.6 Å². The molecule has 0 radical (unpaired) electrons. The van der Waals surface area contributed by atoms with Crippen LogP contribution in [0.25, 0.3) is 0 Å². The molecule has 2 aromatic rings. The number of carbonyl (C=O) groups is 1. The molecule has 25 heavy (non-hydrogen) atoms. The molecule has 2 aromatic heterocycles. The highest BCUT2D eigenvalue weighted by molar-refractivity contribution is 7.09. The third kappa shape index (κ3) is 3.72. The van der Waals surface area contributed by atoms with Crippen molar-refractivity contribution in [2.24, 2.45) is 0 Å². The van der Waals surface area contributed by atoms with E-state index >= 15 is 0 Å². The van der Waals surface area contributed by atoms with Crippen LogP contribution in [0.15, 0.2) is 36.1 Å². The van der Waals surface area contributed by atoms with Crippen LogP contribution in [-0.2, 0) is 20.8 Å². The van der Waals surface area contributed by atoms with Crippen LogP contribution < -0.4 is 4.90 Å². The van der Waals surface area contributed by atoms with Crippen LogP contribution in [0.3, 0.4) is 0 Å². The van der Waals surface area contributed by atoms with Crippen LogP contribution in [0.2, 0.25) is 0 Å². The molecule has 0 aromatic carbocycles. The predicted molar refractivity (Wildman–Crippen MR) is 93.5 cm³/mol. The maximum Gasteiger partial charge on any atom is 0.253 e. The molecule has 0 bridgehead atoms. The lowest BCUT2D eigenvalue weighted by Crippen LogP contribution is -2.60. The minimum atomic E-state index is -0.530. The molecule has 2 aliphatic rings. The number of hydrogen-bond donors (Lipinski definition) is 0. The fourth-order valence-electron chi connectivity index (χ4n) is 3.29. The lowest BCUT2D eigenvalue weighted by atomic mass is 10.0. The predicted octanol–water partition coefficient (Wildman–Crippen LogP) is 1.17. The van der Waals surface area contributed by atoms with Gasteiger partial charge in [0.15, 0.2) is 0 Å². The summed E-state index contributed by atoms with van der Waals surface area (Å²) in [5, 5.41) is 3.06. The maximum absolute atomic E-state index is 12.4. The molecular weight excluding hydrogens is 340 g/mol. The van der Waals surface area contributed by atoms with Crippen molar-refractivity contribution in [3.05, 3.63) is 41.1 Å². The van der Waals surface area contributed by atoms with E-state index in [2.05, 4.69) is 14.9 Å². The van der Waals surface area contributed by atoms with E-state index in [1.165, 1.54) is 0 Å². The highest BCUT2D eigenvalue weighted by atomic mass is 32.1. The van der Waals surface area contributed by atoms with Gasteiger partial charge in [-0.3, -0.25) is 14.7 Å². The Labute approximate surface area is 150 Å². The summed E-state index contributed by atoms with van der Waals surface area (Å²) < 4.78 is 11.8. The molecule has 0 N–H and O–H groups in total. The summed E-state index contributed by atoms with van der Waals surface area (Å²) in [5.41, 5.74) is 0.267. The third-order valence-electron chi connectivity index (χ3n) is 4.48. The molecule has 0 unspecified atom stereocenters.